The van der Waals surface area contributed by atoms with Gasteiger partial charge < -0.3 is 20.1 Å². The molecule has 2 atom stereocenters. The minimum Gasteiger partial charge on any atom is -0.492 e. The normalized spacial score (nSPS) is 17.2. The third kappa shape index (κ3) is 4.24. The van der Waals surface area contributed by atoms with Gasteiger partial charge in [0, 0.05) is 20.0 Å². The highest BCUT2D eigenvalue weighted by molar-refractivity contribution is 5.85. The first kappa shape index (κ1) is 17.8. The lowest BCUT2D eigenvalue weighted by Gasteiger charge is -2.32. The Morgan fingerprint density at radius 2 is 2.08 bits per heavy atom. The van der Waals surface area contributed by atoms with Crippen molar-refractivity contribution >= 4 is 17.8 Å². The minimum atomic E-state index is -1.08. The summed E-state index contributed by atoms with van der Waals surface area (Å²) in [6, 6.07) is 6.53. The van der Waals surface area contributed by atoms with Crippen LogP contribution in [0.4, 0.5) is 0 Å². The summed E-state index contributed by atoms with van der Waals surface area (Å²) in [4.78, 5) is 36.4. The molecule has 7 heteroatoms. The van der Waals surface area contributed by atoms with Crippen LogP contribution in [0, 0.1) is 5.92 Å². The van der Waals surface area contributed by atoms with Crippen LogP contribution in [-0.4, -0.2) is 53.5 Å². The van der Waals surface area contributed by atoms with E-state index >= 15 is 0 Å². The van der Waals surface area contributed by atoms with Gasteiger partial charge in [0.05, 0.1) is 5.92 Å². The third-order valence-corrected chi connectivity index (χ3v) is 4.06. The van der Waals surface area contributed by atoms with Gasteiger partial charge in [-0.15, -0.1) is 0 Å². The lowest BCUT2D eigenvalue weighted by molar-refractivity contribution is -0.152. The molecule has 0 radical (unpaired) electrons. The molecule has 0 aromatic heterocycles. The Balaban J connectivity index is 2.09. The fourth-order valence-electron chi connectivity index (χ4n) is 2.70. The number of hydrogen-bond acceptors (Lipinski definition) is 4. The first-order valence-electron chi connectivity index (χ1n) is 7.88. The zero-order chi connectivity index (χ0) is 17.7. The average molecular weight is 334 g/mol. The molecule has 0 spiro atoms. The van der Waals surface area contributed by atoms with Crippen LogP contribution in [0.2, 0.25) is 0 Å². The Bertz CT molecular complexity index is 631. The van der Waals surface area contributed by atoms with Crippen molar-refractivity contribution in [2.45, 2.75) is 26.3 Å². The predicted octanol–water partition coefficient (Wildman–Crippen LogP) is 0.675. The summed E-state index contributed by atoms with van der Waals surface area (Å²) >= 11 is 0. The molecule has 2 unspecified atom stereocenters. The topological polar surface area (TPSA) is 95.9 Å². The van der Waals surface area contributed by atoms with E-state index in [1.165, 1.54) is 18.7 Å². The van der Waals surface area contributed by atoms with E-state index in [1.807, 2.05) is 24.3 Å². The van der Waals surface area contributed by atoms with Crippen LogP contribution in [-0.2, 0) is 20.8 Å². The van der Waals surface area contributed by atoms with Gasteiger partial charge in [-0.25, -0.2) is 4.79 Å². The summed E-state index contributed by atoms with van der Waals surface area (Å²) in [5, 5.41) is 11.8. The zero-order valence-corrected chi connectivity index (χ0v) is 13.8. The highest BCUT2D eigenvalue weighted by Crippen LogP contribution is 2.28. The van der Waals surface area contributed by atoms with Crippen molar-refractivity contribution in [3.63, 3.8) is 0 Å². The Hall–Kier alpha value is -2.57. The minimum absolute atomic E-state index is 0.143. The lowest BCUT2D eigenvalue weighted by Crippen LogP contribution is -2.50. The van der Waals surface area contributed by atoms with Gasteiger partial charge in [0.2, 0.25) is 11.8 Å². The van der Waals surface area contributed by atoms with E-state index in [9.17, 15) is 19.5 Å². The smallest absolute Gasteiger partial charge is 0.326 e. The molecule has 2 amide bonds. The molecular formula is C17H22N2O5. The number of nitrogens with zero attached hydrogens (tertiary/aromatic N) is 1. The molecule has 0 bridgehead atoms. The van der Waals surface area contributed by atoms with E-state index in [2.05, 4.69) is 5.32 Å². The molecule has 1 aliphatic heterocycles. The first-order chi connectivity index (χ1) is 11.4. The average Bonchev–Trinajstić information content (AvgIpc) is 2.56. The SMILES string of the molecule is CC(=O)NCCN(C(=O)C1COc2ccccc2C1)C(C)C(=O)O. The van der Waals surface area contributed by atoms with E-state index in [1.54, 1.807) is 0 Å². The van der Waals surface area contributed by atoms with Gasteiger partial charge in [-0.1, -0.05) is 18.2 Å². The van der Waals surface area contributed by atoms with Crippen LogP contribution in [0.25, 0.3) is 0 Å². The highest BCUT2D eigenvalue weighted by Gasteiger charge is 2.33. The molecule has 2 N–H and O–H groups in total. The molecule has 24 heavy (non-hydrogen) atoms. The summed E-state index contributed by atoms with van der Waals surface area (Å²) in [6.07, 6.45) is 0.512. The van der Waals surface area contributed by atoms with E-state index < -0.39 is 17.9 Å². The molecule has 1 aliphatic rings. The molecule has 0 saturated carbocycles. The van der Waals surface area contributed by atoms with Crippen molar-refractivity contribution in [1.82, 2.24) is 10.2 Å². The molecule has 0 fully saturated rings. The van der Waals surface area contributed by atoms with Crippen LogP contribution < -0.4 is 10.1 Å². The number of nitrogens with one attached hydrogen (secondary N) is 1. The van der Waals surface area contributed by atoms with Crippen molar-refractivity contribution < 1.29 is 24.2 Å². The summed E-state index contributed by atoms with van der Waals surface area (Å²) in [5.41, 5.74) is 0.937. The van der Waals surface area contributed by atoms with Gasteiger partial charge in [0.15, 0.2) is 0 Å². The number of carboxylic acid groups (broad SMARTS) is 1. The molecule has 7 nitrogen and oxygen atoms in total. The van der Waals surface area contributed by atoms with E-state index in [4.69, 9.17) is 4.74 Å². The van der Waals surface area contributed by atoms with Gasteiger partial charge in [-0.05, 0) is 25.0 Å². The second-order valence-corrected chi connectivity index (χ2v) is 5.85. The number of rotatable bonds is 6. The number of carbonyl (C=O) groups is 3. The standard InChI is InChI=1S/C17H22N2O5/c1-11(17(22)23)19(8-7-18-12(2)20)16(21)14-9-13-5-3-4-6-15(13)24-10-14/h3-6,11,14H,7-10H2,1-2H3,(H,18,20)(H,22,23). The number of hydrogen-bond donors (Lipinski definition) is 2. The maximum absolute atomic E-state index is 12.8. The third-order valence-electron chi connectivity index (χ3n) is 4.06. The summed E-state index contributed by atoms with van der Waals surface area (Å²) < 4.78 is 5.63. The fraction of sp³-hybridized carbons (Fsp3) is 0.471. The maximum atomic E-state index is 12.8. The number of para-hydroxylation sites is 1. The van der Waals surface area contributed by atoms with Crippen LogP contribution in [0.1, 0.15) is 19.4 Å². The van der Waals surface area contributed by atoms with Gasteiger partial charge >= 0.3 is 5.97 Å². The van der Waals surface area contributed by atoms with Crippen molar-refractivity contribution in [3.8, 4) is 5.75 Å². The predicted molar refractivity (Wildman–Crippen MR) is 86.6 cm³/mol. The van der Waals surface area contributed by atoms with Gasteiger partial charge in [0.25, 0.3) is 0 Å². The highest BCUT2D eigenvalue weighted by atomic mass is 16.5. The monoisotopic (exact) mass is 334 g/mol. The molecule has 0 aliphatic carbocycles. The number of benzene rings is 1. The Labute approximate surface area is 140 Å². The van der Waals surface area contributed by atoms with Crippen molar-refractivity contribution in [2.24, 2.45) is 5.92 Å². The van der Waals surface area contributed by atoms with Crippen LogP contribution in [0.15, 0.2) is 24.3 Å². The number of aliphatic carboxylic acids is 1. The van der Waals surface area contributed by atoms with Crippen LogP contribution >= 0.6 is 0 Å². The van der Waals surface area contributed by atoms with E-state index in [0.29, 0.717) is 6.42 Å². The van der Waals surface area contributed by atoms with Crippen molar-refractivity contribution in [1.29, 1.82) is 0 Å². The number of amides is 2. The summed E-state index contributed by atoms with van der Waals surface area (Å²) in [5.74, 6) is -1.25. The number of ether oxygens (including phenoxy) is 1. The quantitative estimate of drug-likeness (QED) is 0.797. The van der Waals surface area contributed by atoms with Gasteiger partial charge in [-0.3, -0.25) is 9.59 Å². The molecule has 0 saturated heterocycles. The second-order valence-electron chi connectivity index (χ2n) is 5.85. The molecule has 2 rings (SSSR count). The summed E-state index contributed by atoms with van der Waals surface area (Å²) in [6.45, 7) is 3.41. The molecule has 130 valence electrons. The molecule has 1 heterocycles. The van der Waals surface area contributed by atoms with Gasteiger partial charge in [0.1, 0.15) is 18.4 Å². The number of carbonyl (C=O) groups excluding carboxylic acids is 2. The van der Waals surface area contributed by atoms with Crippen LogP contribution in [0.5, 0.6) is 5.75 Å². The van der Waals surface area contributed by atoms with Crippen molar-refractivity contribution in [2.75, 3.05) is 19.7 Å². The Morgan fingerprint density at radius 3 is 2.75 bits per heavy atom. The fourth-order valence-corrected chi connectivity index (χ4v) is 2.70. The molecular weight excluding hydrogens is 312 g/mol. The number of carboxylic acids is 1. The Morgan fingerprint density at radius 1 is 1.38 bits per heavy atom. The van der Waals surface area contributed by atoms with E-state index in [0.717, 1.165) is 11.3 Å². The molecule has 1 aromatic rings. The van der Waals surface area contributed by atoms with Crippen LogP contribution in [0.3, 0.4) is 0 Å². The largest absolute Gasteiger partial charge is 0.492 e. The van der Waals surface area contributed by atoms with Gasteiger partial charge in [-0.2, -0.15) is 0 Å². The van der Waals surface area contributed by atoms with Crippen molar-refractivity contribution in [3.05, 3.63) is 29.8 Å². The Kier molecular flexibility index (Phi) is 5.78. The summed E-state index contributed by atoms with van der Waals surface area (Å²) in [7, 11) is 0. The second kappa shape index (κ2) is 7.81. The first-order valence-corrected chi connectivity index (χ1v) is 7.88. The number of fused-ring (bicyclic) bond motifs is 1. The zero-order valence-electron chi connectivity index (χ0n) is 13.8. The lowest BCUT2D eigenvalue weighted by atomic mass is 9.95. The van der Waals surface area contributed by atoms with E-state index in [-0.39, 0.29) is 31.5 Å². The maximum Gasteiger partial charge on any atom is 0.326 e. The molecule has 1 aromatic carbocycles.